The number of hydrogen-bond donors (Lipinski definition) is 2. The van der Waals surface area contributed by atoms with Crippen molar-refractivity contribution in [1.82, 2.24) is 9.97 Å². The molecule has 0 aliphatic carbocycles. The Hall–Kier alpha value is -2.10. The van der Waals surface area contributed by atoms with Crippen LogP contribution in [0.4, 0.5) is 5.69 Å². The zero-order chi connectivity index (χ0) is 13.0. The highest BCUT2D eigenvalue weighted by molar-refractivity contribution is 5.42. The van der Waals surface area contributed by atoms with Crippen LogP contribution in [0.1, 0.15) is 31.3 Å². The van der Waals surface area contributed by atoms with Gasteiger partial charge in [-0.1, -0.05) is 32.0 Å². The monoisotopic (exact) mass is 243 g/mol. The van der Waals surface area contributed by atoms with Crippen LogP contribution >= 0.6 is 0 Å². The van der Waals surface area contributed by atoms with Gasteiger partial charge in [0.15, 0.2) is 0 Å². The Morgan fingerprint density at radius 3 is 2.67 bits per heavy atom. The van der Waals surface area contributed by atoms with Gasteiger partial charge in [-0.15, -0.1) is 0 Å². The SMILES string of the molecule is CC(C)c1nc(CNc2ccccc2)cc(=O)[nH]1. The zero-order valence-corrected chi connectivity index (χ0v) is 10.6. The van der Waals surface area contributed by atoms with Gasteiger partial charge in [0.25, 0.3) is 5.56 Å². The summed E-state index contributed by atoms with van der Waals surface area (Å²) in [5.41, 5.74) is 1.68. The first-order chi connectivity index (χ1) is 8.65. The number of aromatic nitrogens is 2. The van der Waals surface area contributed by atoms with Crippen molar-refractivity contribution in [2.75, 3.05) is 5.32 Å². The number of benzene rings is 1. The first kappa shape index (κ1) is 12.4. The second-order valence-corrected chi connectivity index (χ2v) is 4.50. The molecule has 0 spiro atoms. The van der Waals surface area contributed by atoms with Crippen LogP contribution in [0.5, 0.6) is 0 Å². The molecule has 0 radical (unpaired) electrons. The Morgan fingerprint density at radius 2 is 2.00 bits per heavy atom. The Kier molecular flexibility index (Phi) is 3.77. The van der Waals surface area contributed by atoms with Gasteiger partial charge in [0.05, 0.1) is 12.2 Å². The van der Waals surface area contributed by atoms with Gasteiger partial charge in [0.1, 0.15) is 5.82 Å². The summed E-state index contributed by atoms with van der Waals surface area (Å²) in [6.07, 6.45) is 0. The number of hydrogen-bond acceptors (Lipinski definition) is 3. The molecule has 94 valence electrons. The average molecular weight is 243 g/mol. The van der Waals surface area contributed by atoms with Crippen molar-refractivity contribution >= 4 is 5.69 Å². The van der Waals surface area contributed by atoms with Gasteiger partial charge in [-0.25, -0.2) is 4.98 Å². The molecule has 2 N–H and O–H groups in total. The third-order valence-corrected chi connectivity index (χ3v) is 2.61. The molecule has 0 unspecified atom stereocenters. The van der Waals surface area contributed by atoms with E-state index in [4.69, 9.17) is 0 Å². The van der Waals surface area contributed by atoms with E-state index in [-0.39, 0.29) is 11.5 Å². The lowest BCUT2D eigenvalue weighted by atomic mass is 10.2. The summed E-state index contributed by atoms with van der Waals surface area (Å²) in [6, 6.07) is 11.4. The number of anilines is 1. The minimum atomic E-state index is -0.0986. The Bertz CT molecular complexity index is 561. The number of H-pyrrole nitrogens is 1. The molecular formula is C14H17N3O. The van der Waals surface area contributed by atoms with Gasteiger partial charge < -0.3 is 10.3 Å². The molecule has 1 aromatic heterocycles. The van der Waals surface area contributed by atoms with Gasteiger partial charge >= 0.3 is 0 Å². The highest BCUT2D eigenvalue weighted by atomic mass is 16.1. The predicted octanol–water partition coefficient (Wildman–Crippen LogP) is 2.51. The Morgan fingerprint density at radius 1 is 1.28 bits per heavy atom. The number of para-hydroxylation sites is 1. The fraction of sp³-hybridized carbons (Fsp3) is 0.286. The van der Waals surface area contributed by atoms with E-state index in [9.17, 15) is 4.79 Å². The standard InChI is InChI=1S/C14H17N3O/c1-10(2)14-16-12(8-13(18)17-14)9-15-11-6-4-3-5-7-11/h3-8,10,15H,9H2,1-2H3,(H,16,17,18). The van der Waals surface area contributed by atoms with Gasteiger partial charge in [-0.3, -0.25) is 4.79 Å². The summed E-state index contributed by atoms with van der Waals surface area (Å²) in [5.74, 6) is 0.946. The third-order valence-electron chi connectivity index (χ3n) is 2.61. The van der Waals surface area contributed by atoms with Gasteiger partial charge in [0.2, 0.25) is 0 Å². The number of nitrogens with one attached hydrogen (secondary N) is 2. The molecule has 1 aromatic carbocycles. The van der Waals surface area contributed by atoms with E-state index in [0.29, 0.717) is 6.54 Å². The van der Waals surface area contributed by atoms with Crippen molar-refractivity contribution in [3.63, 3.8) is 0 Å². The summed E-state index contributed by atoms with van der Waals surface area (Å²) < 4.78 is 0. The van der Waals surface area contributed by atoms with Crippen LogP contribution in [-0.2, 0) is 6.54 Å². The topological polar surface area (TPSA) is 57.8 Å². The van der Waals surface area contributed by atoms with Gasteiger partial charge in [-0.2, -0.15) is 0 Å². The summed E-state index contributed by atoms with van der Waals surface area (Å²) in [5, 5.41) is 3.24. The Balaban J connectivity index is 2.12. The fourth-order valence-electron chi connectivity index (χ4n) is 1.64. The lowest BCUT2D eigenvalue weighted by Gasteiger charge is -2.08. The van der Waals surface area contributed by atoms with Gasteiger partial charge in [-0.05, 0) is 12.1 Å². The lowest BCUT2D eigenvalue weighted by Crippen LogP contribution is -2.15. The van der Waals surface area contributed by atoms with Crippen LogP contribution in [0.25, 0.3) is 0 Å². The normalized spacial score (nSPS) is 10.6. The molecule has 18 heavy (non-hydrogen) atoms. The molecule has 2 aromatic rings. The molecule has 0 fully saturated rings. The quantitative estimate of drug-likeness (QED) is 0.867. The maximum Gasteiger partial charge on any atom is 0.251 e. The lowest BCUT2D eigenvalue weighted by molar-refractivity contribution is 0.751. The van der Waals surface area contributed by atoms with E-state index in [1.54, 1.807) is 0 Å². The molecular weight excluding hydrogens is 226 g/mol. The molecule has 0 amide bonds. The first-order valence-electron chi connectivity index (χ1n) is 6.04. The summed E-state index contributed by atoms with van der Waals surface area (Å²) in [7, 11) is 0. The largest absolute Gasteiger partial charge is 0.379 e. The first-order valence-corrected chi connectivity index (χ1v) is 6.04. The molecule has 0 atom stereocenters. The van der Waals surface area contributed by atoms with Crippen LogP contribution in [0, 0.1) is 0 Å². The molecule has 0 saturated heterocycles. The van der Waals surface area contributed by atoms with Gasteiger partial charge in [0, 0.05) is 17.7 Å². The molecule has 0 bridgehead atoms. The van der Waals surface area contributed by atoms with Crippen LogP contribution in [-0.4, -0.2) is 9.97 Å². The van der Waals surface area contributed by atoms with Crippen molar-refractivity contribution in [2.24, 2.45) is 0 Å². The number of rotatable bonds is 4. The van der Waals surface area contributed by atoms with Crippen LogP contribution in [0.3, 0.4) is 0 Å². The molecule has 1 heterocycles. The number of nitrogens with zero attached hydrogens (tertiary/aromatic N) is 1. The molecule has 0 aliphatic heterocycles. The molecule has 0 saturated carbocycles. The number of aromatic amines is 1. The van der Waals surface area contributed by atoms with E-state index >= 15 is 0 Å². The zero-order valence-electron chi connectivity index (χ0n) is 10.6. The minimum absolute atomic E-state index is 0.0986. The highest BCUT2D eigenvalue weighted by Crippen LogP contribution is 2.09. The summed E-state index contributed by atoms with van der Waals surface area (Å²) >= 11 is 0. The van der Waals surface area contributed by atoms with Crippen LogP contribution < -0.4 is 10.9 Å². The minimum Gasteiger partial charge on any atom is -0.379 e. The third kappa shape index (κ3) is 3.20. The van der Waals surface area contributed by atoms with Crippen molar-refractivity contribution < 1.29 is 0 Å². The van der Waals surface area contributed by atoms with E-state index in [1.165, 1.54) is 6.07 Å². The van der Waals surface area contributed by atoms with Crippen LogP contribution in [0.15, 0.2) is 41.2 Å². The fourth-order valence-corrected chi connectivity index (χ4v) is 1.64. The van der Waals surface area contributed by atoms with Crippen molar-refractivity contribution in [2.45, 2.75) is 26.3 Å². The summed E-state index contributed by atoms with van der Waals surface area (Å²) in [6.45, 7) is 4.56. The second kappa shape index (κ2) is 5.49. The van der Waals surface area contributed by atoms with Crippen molar-refractivity contribution in [3.8, 4) is 0 Å². The molecule has 0 aliphatic rings. The van der Waals surface area contributed by atoms with Crippen LogP contribution in [0.2, 0.25) is 0 Å². The molecule has 4 heteroatoms. The van der Waals surface area contributed by atoms with Crippen molar-refractivity contribution in [1.29, 1.82) is 0 Å². The predicted molar refractivity (Wildman–Crippen MR) is 72.7 cm³/mol. The average Bonchev–Trinajstić information content (AvgIpc) is 2.37. The smallest absolute Gasteiger partial charge is 0.251 e. The highest BCUT2D eigenvalue weighted by Gasteiger charge is 2.04. The maximum atomic E-state index is 11.5. The van der Waals surface area contributed by atoms with E-state index < -0.39 is 0 Å². The Labute approximate surface area is 106 Å². The van der Waals surface area contributed by atoms with Crippen molar-refractivity contribution in [3.05, 3.63) is 58.3 Å². The van der Waals surface area contributed by atoms with E-state index in [1.807, 2.05) is 44.2 Å². The second-order valence-electron chi connectivity index (χ2n) is 4.50. The van der Waals surface area contributed by atoms with E-state index in [2.05, 4.69) is 15.3 Å². The maximum absolute atomic E-state index is 11.5. The summed E-state index contributed by atoms with van der Waals surface area (Å²) in [4.78, 5) is 18.7. The molecule has 4 nitrogen and oxygen atoms in total. The van der Waals surface area contributed by atoms with E-state index in [0.717, 1.165) is 17.2 Å². The molecule has 2 rings (SSSR count).